The van der Waals surface area contributed by atoms with Crippen molar-refractivity contribution in [3.63, 3.8) is 0 Å². The van der Waals surface area contributed by atoms with E-state index in [-0.39, 0.29) is 47.8 Å². The fourth-order valence-electron chi connectivity index (χ4n) is 8.00. The third-order valence-corrected chi connectivity index (χ3v) is 16.1. The van der Waals surface area contributed by atoms with Gasteiger partial charge in [0.2, 0.25) is 11.6 Å². The zero-order valence-corrected chi connectivity index (χ0v) is 38.1. The molecular formula is C44H57FN4O11Si. The monoisotopic (exact) mass is 864 g/mol. The number of aromatic nitrogens is 1. The van der Waals surface area contributed by atoms with Crippen molar-refractivity contribution in [2.24, 2.45) is 17.7 Å². The molecule has 15 nitrogen and oxygen atoms in total. The van der Waals surface area contributed by atoms with Gasteiger partial charge in [-0.1, -0.05) is 51.1 Å². The lowest BCUT2D eigenvalue weighted by atomic mass is 9.57. The summed E-state index contributed by atoms with van der Waals surface area (Å²) >= 11 is 0. The summed E-state index contributed by atoms with van der Waals surface area (Å²) in [5.74, 6) is 0.634. The van der Waals surface area contributed by atoms with Gasteiger partial charge in [-0.2, -0.15) is 0 Å². The Morgan fingerprint density at radius 2 is 1.61 bits per heavy atom. The number of carbonyl (C=O) groups is 4. The molecule has 17 heteroatoms. The van der Waals surface area contributed by atoms with Crippen molar-refractivity contribution in [3.8, 4) is 11.6 Å². The number of carbonyl (C=O) groups excluding carboxylic acids is 4. The van der Waals surface area contributed by atoms with E-state index in [9.17, 15) is 14.7 Å². The summed E-state index contributed by atoms with van der Waals surface area (Å²) in [4.78, 5) is 59.9. The molecule has 4 atom stereocenters. The van der Waals surface area contributed by atoms with Crippen molar-refractivity contribution in [3.05, 3.63) is 75.8 Å². The standard InChI is InChI=1S/C44H57FN4O11Si/c1-41(2,3)57-39(53)49(46)28-21-27(45)25-19-24-20-26-32(48(10)11)35-31(38(47-59-35)55-22-23-17-15-14-16-18-23)37(52)44(26,60-61(12,13)43(7,8)9)36(51)29(24)33(50)30(25)34(28)56-40(54)58-42(4,5)6/h14-18,21,24,26,32,50H,19-20,22,46H2,1-13H3/t24-,26-,32-,44-/m0/s1. The lowest BCUT2D eigenvalue weighted by Crippen LogP contribution is -2.68. The smallest absolute Gasteiger partial charge is 0.507 e. The Kier molecular flexibility index (Phi) is 11.7. The highest BCUT2D eigenvalue weighted by Gasteiger charge is 2.69. The lowest BCUT2D eigenvalue weighted by Gasteiger charge is -2.55. The van der Waals surface area contributed by atoms with E-state index in [2.05, 4.69) is 5.16 Å². The molecule has 1 aromatic heterocycles. The zero-order valence-electron chi connectivity index (χ0n) is 37.1. The van der Waals surface area contributed by atoms with Gasteiger partial charge in [-0.15, -0.1) is 0 Å². The predicted molar refractivity (Wildman–Crippen MR) is 225 cm³/mol. The number of hydrogen-bond acceptors (Lipinski definition) is 14. The highest BCUT2D eigenvalue weighted by atomic mass is 28.4. The van der Waals surface area contributed by atoms with Gasteiger partial charge in [0.15, 0.2) is 25.4 Å². The number of hydrogen-bond donors (Lipinski definition) is 2. The molecule has 1 saturated carbocycles. The van der Waals surface area contributed by atoms with Crippen molar-refractivity contribution < 1.29 is 56.6 Å². The molecule has 1 fully saturated rings. The van der Waals surface area contributed by atoms with Crippen LogP contribution >= 0.6 is 0 Å². The molecule has 0 spiro atoms. The Labute approximate surface area is 356 Å². The number of hydrazine groups is 1. The van der Waals surface area contributed by atoms with E-state index in [1.165, 1.54) is 0 Å². The Bertz CT molecular complexity index is 2290. The highest BCUT2D eigenvalue weighted by molar-refractivity contribution is 6.74. The van der Waals surface area contributed by atoms with Crippen LogP contribution in [-0.2, 0) is 31.7 Å². The number of halogens is 1. The number of amides is 1. The maximum Gasteiger partial charge on any atom is 0.514 e. The third kappa shape index (κ3) is 8.32. The molecule has 2 aromatic carbocycles. The SMILES string of the molecule is CN(C)[C@@H]1c2onc(OCc3ccccc3)c2C(=O)[C@@]2(O[Si](C)(C)C(C)(C)C)C(=O)C3=C(O)c4c(c(F)cc(N(N)C(=O)OC(C)(C)C)c4OC(=O)OC(C)(C)C)C[C@H]3C[C@@H]12. The molecule has 6 rings (SSSR count). The summed E-state index contributed by atoms with van der Waals surface area (Å²) in [6, 6.07) is 9.37. The fraction of sp³-hybridized carbons (Fsp3) is 0.523. The van der Waals surface area contributed by atoms with Gasteiger partial charge >= 0.3 is 12.2 Å². The summed E-state index contributed by atoms with van der Waals surface area (Å²) in [5.41, 5.74) is -4.94. The number of anilines is 1. The van der Waals surface area contributed by atoms with E-state index in [1.54, 1.807) is 55.6 Å². The van der Waals surface area contributed by atoms with Crippen LogP contribution in [0.3, 0.4) is 0 Å². The average molecular weight is 865 g/mol. The van der Waals surface area contributed by atoms with E-state index in [0.717, 1.165) is 11.6 Å². The van der Waals surface area contributed by atoms with Gasteiger partial charge in [0.1, 0.15) is 40.6 Å². The van der Waals surface area contributed by atoms with Gasteiger partial charge in [0, 0.05) is 23.1 Å². The molecule has 3 aliphatic carbocycles. The number of Topliss-reactive ketones (excluding diaryl/α,β-unsaturated/α-hetero) is 2. The van der Waals surface area contributed by atoms with Crippen LogP contribution in [0.5, 0.6) is 11.6 Å². The summed E-state index contributed by atoms with van der Waals surface area (Å²) in [6.07, 6.45) is -2.56. The molecule has 3 aromatic rings. The van der Waals surface area contributed by atoms with Crippen LogP contribution < -0.4 is 20.3 Å². The van der Waals surface area contributed by atoms with Gasteiger partial charge in [-0.3, -0.25) is 14.5 Å². The van der Waals surface area contributed by atoms with Crippen LogP contribution in [-0.4, -0.2) is 78.2 Å². The Balaban J connectivity index is 1.60. The number of ether oxygens (including phenoxy) is 4. The van der Waals surface area contributed by atoms with Crippen LogP contribution in [0, 0.1) is 17.7 Å². The minimum absolute atomic E-state index is 0.0355. The number of rotatable bonds is 8. The first kappa shape index (κ1) is 45.4. The van der Waals surface area contributed by atoms with Crippen LogP contribution in [0.4, 0.5) is 19.7 Å². The second kappa shape index (κ2) is 15.7. The van der Waals surface area contributed by atoms with E-state index >= 15 is 14.0 Å². The first-order chi connectivity index (χ1) is 28.1. The molecule has 3 aliphatic rings. The molecule has 1 heterocycles. The number of fused-ring (bicyclic) bond motifs is 4. The number of nitrogens with two attached hydrogens (primary N) is 1. The van der Waals surface area contributed by atoms with Gasteiger partial charge in [0.25, 0.3) is 5.88 Å². The van der Waals surface area contributed by atoms with Crippen LogP contribution in [0.15, 0.2) is 46.5 Å². The van der Waals surface area contributed by atoms with E-state index in [4.69, 9.17) is 33.7 Å². The first-order valence-electron chi connectivity index (χ1n) is 20.2. The van der Waals surface area contributed by atoms with Gasteiger partial charge in [-0.25, -0.2) is 24.8 Å². The van der Waals surface area contributed by atoms with Crippen molar-refractivity contribution in [2.45, 2.75) is 123 Å². The molecule has 61 heavy (non-hydrogen) atoms. The van der Waals surface area contributed by atoms with Crippen molar-refractivity contribution in [1.82, 2.24) is 10.1 Å². The second-order valence-electron chi connectivity index (χ2n) is 19.6. The zero-order chi connectivity index (χ0) is 45.4. The quantitative estimate of drug-likeness (QED) is 0.0416. The van der Waals surface area contributed by atoms with Crippen molar-refractivity contribution in [2.75, 3.05) is 19.1 Å². The second-order valence-corrected chi connectivity index (χ2v) is 24.4. The minimum Gasteiger partial charge on any atom is -0.507 e. The topological polar surface area (TPSA) is 193 Å². The molecule has 0 aliphatic heterocycles. The summed E-state index contributed by atoms with van der Waals surface area (Å²) in [6.45, 7) is 19.3. The van der Waals surface area contributed by atoms with Gasteiger partial charge in [0.05, 0.1) is 11.6 Å². The number of nitrogens with zero attached hydrogens (tertiary/aromatic N) is 3. The molecule has 1 amide bonds. The van der Waals surface area contributed by atoms with Gasteiger partial charge in [-0.05, 0) is 103 Å². The lowest BCUT2D eigenvalue weighted by molar-refractivity contribution is -0.140. The van der Waals surface area contributed by atoms with E-state index in [1.807, 2.05) is 69.1 Å². The Morgan fingerprint density at radius 1 is 0.984 bits per heavy atom. The van der Waals surface area contributed by atoms with Crippen molar-refractivity contribution >= 4 is 43.6 Å². The van der Waals surface area contributed by atoms with Crippen molar-refractivity contribution in [1.29, 1.82) is 0 Å². The number of aliphatic hydroxyl groups is 1. The maximum atomic E-state index is 16.6. The predicted octanol–water partition coefficient (Wildman–Crippen LogP) is 8.61. The molecule has 0 saturated heterocycles. The summed E-state index contributed by atoms with van der Waals surface area (Å²) in [5, 5.41) is 16.6. The van der Waals surface area contributed by atoms with E-state index < -0.39 is 100 Å². The van der Waals surface area contributed by atoms with E-state index in [0.29, 0.717) is 5.01 Å². The largest absolute Gasteiger partial charge is 0.514 e. The number of benzene rings is 2. The maximum absolute atomic E-state index is 16.6. The van der Waals surface area contributed by atoms with Gasteiger partial charge < -0.3 is 33.0 Å². The molecule has 0 bridgehead atoms. The normalized spacial score (nSPS) is 21.6. The highest BCUT2D eigenvalue weighted by Crippen LogP contribution is 2.59. The number of ketones is 2. The third-order valence-electron chi connectivity index (χ3n) is 11.6. The number of aliphatic hydroxyl groups excluding tert-OH is 1. The molecule has 330 valence electrons. The Morgan fingerprint density at radius 3 is 2.18 bits per heavy atom. The molecular weight excluding hydrogens is 808 g/mol. The molecule has 0 unspecified atom stereocenters. The summed E-state index contributed by atoms with van der Waals surface area (Å²) < 4.78 is 52.4. The van der Waals surface area contributed by atoms with Crippen LogP contribution in [0.1, 0.15) is 108 Å². The minimum atomic E-state index is -3.09. The molecule has 3 N–H and O–H groups in total. The Hall–Kier alpha value is -5.10. The first-order valence-corrected chi connectivity index (χ1v) is 23.1. The summed E-state index contributed by atoms with van der Waals surface area (Å²) in [7, 11) is 0.466. The average Bonchev–Trinajstić information content (AvgIpc) is 3.54. The van der Waals surface area contributed by atoms with Crippen LogP contribution in [0.25, 0.3) is 5.76 Å². The fourth-order valence-corrected chi connectivity index (χ4v) is 9.44. The molecule has 0 radical (unpaired) electrons. The van der Waals surface area contributed by atoms with Crippen LogP contribution in [0.2, 0.25) is 18.1 Å².